The molecule has 2 aromatic heterocycles. The van der Waals surface area contributed by atoms with Crippen LogP contribution in [-0.2, 0) is 18.3 Å². The summed E-state index contributed by atoms with van der Waals surface area (Å²) >= 11 is 0. The number of aromatic nitrogens is 5. The van der Waals surface area contributed by atoms with Gasteiger partial charge in [0.2, 0.25) is 5.91 Å². The molecule has 0 N–H and O–H groups in total. The van der Waals surface area contributed by atoms with Crippen LogP contribution in [0, 0.1) is 0 Å². The van der Waals surface area contributed by atoms with Crippen molar-refractivity contribution >= 4 is 5.91 Å². The van der Waals surface area contributed by atoms with E-state index < -0.39 is 0 Å². The summed E-state index contributed by atoms with van der Waals surface area (Å²) in [6.45, 7) is 1.40. The molecule has 0 unspecified atom stereocenters. The van der Waals surface area contributed by atoms with Crippen LogP contribution in [0.3, 0.4) is 0 Å². The van der Waals surface area contributed by atoms with Crippen LogP contribution in [0.15, 0.2) is 24.7 Å². The molecule has 1 amide bonds. The van der Waals surface area contributed by atoms with E-state index in [0.717, 1.165) is 12.2 Å². The van der Waals surface area contributed by atoms with Gasteiger partial charge in [-0.1, -0.05) is 5.21 Å². The lowest BCUT2D eigenvalue weighted by molar-refractivity contribution is -0.130. The first-order valence-electron chi connectivity index (χ1n) is 7.83. The molecule has 1 aliphatic rings. The van der Waals surface area contributed by atoms with Crippen molar-refractivity contribution < 1.29 is 4.79 Å². The Hall–Kier alpha value is -2.22. The Kier molecular flexibility index (Phi) is 4.42. The number of rotatable bonds is 5. The minimum atomic E-state index is 0.146. The zero-order chi connectivity index (χ0) is 16.4. The largest absolute Gasteiger partial charge is 0.339 e. The molecule has 0 saturated carbocycles. The average molecular weight is 317 g/mol. The molecular formula is C15H23N7O. The van der Waals surface area contributed by atoms with Crippen molar-refractivity contribution in [2.75, 3.05) is 27.2 Å². The molecule has 3 heterocycles. The van der Waals surface area contributed by atoms with Gasteiger partial charge in [0.15, 0.2) is 0 Å². The van der Waals surface area contributed by atoms with Gasteiger partial charge in [0, 0.05) is 44.6 Å². The molecule has 3 rings (SSSR count). The summed E-state index contributed by atoms with van der Waals surface area (Å²) in [4.78, 5) is 16.7. The van der Waals surface area contributed by atoms with Crippen molar-refractivity contribution in [3.63, 3.8) is 0 Å². The van der Waals surface area contributed by atoms with E-state index in [-0.39, 0.29) is 18.0 Å². The SMILES string of the molecule is CN(C)[C@@H]1CN(C(=O)CCc2ccnn2C)C[C@@H]1n1ccnn1. The van der Waals surface area contributed by atoms with Crippen LogP contribution in [0.5, 0.6) is 0 Å². The highest BCUT2D eigenvalue weighted by molar-refractivity contribution is 5.76. The molecule has 8 nitrogen and oxygen atoms in total. The first-order valence-corrected chi connectivity index (χ1v) is 7.83. The normalized spacial score (nSPS) is 21.3. The van der Waals surface area contributed by atoms with E-state index in [1.165, 1.54) is 0 Å². The molecule has 2 atom stereocenters. The van der Waals surface area contributed by atoms with E-state index in [1.807, 2.05) is 47.7 Å². The lowest BCUT2D eigenvalue weighted by Crippen LogP contribution is -2.37. The fourth-order valence-electron chi connectivity index (χ4n) is 3.17. The monoisotopic (exact) mass is 317 g/mol. The highest BCUT2D eigenvalue weighted by Gasteiger charge is 2.37. The lowest BCUT2D eigenvalue weighted by atomic mass is 10.1. The molecule has 23 heavy (non-hydrogen) atoms. The lowest BCUT2D eigenvalue weighted by Gasteiger charge is -2.24. The molecule has 1 aliphatic heterocycles. The number of amides is 1. The average Bonchev–Trinajstić information content (AvgIpc) is 3.24. The molecule has 8 heteroatoms. The number of nitrogens with zero attached hydrogens (tertiary/aromatic N) is 7. The third-order valence-corrected chi connectivity index (χ3v) is 4.57. The number of hydrogen-bond donors (Lipinski definition) is 0. The highest BCUT2D eigenvalue weighted by atomic mass is 16.2. The Morgan fingerprint density at radius 2 is 2.17 bits per heavy atom. The number of carbonyl (C=O) groups is 1. The van der Waals surface area contributed by atoms with Gasteiger partial charge in [0.1, 0.15) is 0 Å². The summed E-state index contributed by atoms with van der Waals surface area (Å²) in [6.07, 6.45) is 6.53. The maximum atomic E-state index is 12.6. The maximum absolute atomic E-state index is 12.6. The van der Waals surface area contributed by atoms with E-state index in [2.05, 4.69) is 20.3 Å². The second kappa shape index (κ2) is 6.49. The molecular weight excluding hydrogens is 294 g/mol. The van der Waals surface area contributed by atoms with Gasteiger partial charge in [-0.3, -0.25) is 9.48 Å². The Balaban J connectivity index is 1.64. The smallest absolute Gasteiger partial charge is 0.223 e. The molecule has 0 bridgehead atoms. The second-order valence-corrected chi connectivity index (χ2v) is 6.23. The predicted octanol–water partition coefficient (Wildman–Crippen LogP) is -0.0421. The molecule has 0 aliphatic carbocycles. The first kappa shape index (κ1) is 15.7. The van der Waals surface area contributed by atoms with Crippen molar-refractivity contribution in [1.82, 2.24) is 34.6 Å². The minimum absolute atomic E-state index is 0.146. The van der Waals surface area contributed by atoms with E-state index in [0.29, 0.717) is 19.4 Å². The molecule has 0 aromatic carbocycles. The predicted molar refractivity (Wildman–Crippen MR) is 84.6 cm³/mol. The number of aryl methyl sites for hydroxylation is 2. The Bertz CT molecular complexity index is 649. The van der Waals surface area contributed by atoms with Crippen LogP contribution in [0.4, 0.5) is 0 Å². The summed E-state index contributed by atoms with van der Waals surface area (Å²) in [7, 11) is 5.98. The van der Waals surface area contributed by atoms with Crippen LogP contribution in [0.1, 0.15) is 18.2 Å². The number of likely N-dealkylation sites (N-methyl/N-ethyl adjacent to an activating group) is 1. The fraction of sp³-hybridized carbons (Fsp3) is 0.600. The third-order valence-electron chi connectivity index (χ3n) is 4.57. The summed E-state index contributed by atoms with van der Waals surface area (Å²) in [5.74, 6) is 0.181. The number of hydrogen-bond acceptors (Lipinski definition) is 5. The quantitative estimate of drug-likeness (QED) is 0.774. The minimum Gasteiger partial charge on any atom is -0.339 e. The number of carbonyl (C=O) groups excluding carboxylic acids is 1. The molecule has 1 fully saturated rings. The topological polar surface area (TPSA) is 72.1 Å². The first-order chi connectivity index (χ1) is 11.1. The van der Waals surface area contributed by atoms with Gasteiger partial charge in [0.25, 0.3) is 0 Å². The maximum Gasteiger partial charge on any atom is 0.223 e. The van der Waals surface area contributed by atoms with Crippen LogP contribution in [-0.4, -0.2) is 73.7 Å². The van der Waals surface area contributed by atoms with Crippen molar-refractivity contribution in [2.24, 2.45) is 7.05 Å². The standard InChI is InChI=1S/C15H23N7O/c1-19(2)13-10-21(11-14(13)22-9-8-16-18-22)15(23)5-4-12-6-7-17-20(12)3/h6-9,13-14H,4-5,10-11H2,1-3H3/t13-,14+/m1/s1. The summed E-state index contributed by atoms with van der Waals surface area (Å²) in [5.41, 5.74) is 1.08. The number of likely N-dealkylation sites (tertiary alicyclic amines) is 1. The van der Waals surface area contributed by atoms with Crippen molar-refractivity contribution in [3.05, 3.63) is 30.4 Å². The van der Waals surface area contributed by atoms with Gasteiger partial charge in [-0.15, -0.1) is 5.10 Å². The molecule has 0 spiro atoms. The zero-order valence-electron chi connectivity index (χ0n) is 13.8. The van der Waals surface area contributed by atoms with Crippen LogP contribution in [0.25, 0.3) is 0 Å². The van der Waals surface area contributed by atoms with Crippen molar-refractivity contribution in [3.8, 4) is 0 Å². The summed E-state index contributed by atoms with van der Waals surface area (Å²) in [5, 5.41) is 12.1. The van der Waals surface area contributed by atoms with Gasteiger partial charge in [0.05, 0.1) is 18.3 Å². The summed E-state index contributed by atoms with van der Waals surface area (Å²) < 4.78 is 3.68. The van der Waals surface area contributed by atoms with Gasteiger partial charge in [-0.25, -0.2) is 4.68 Å². The van der Waals surface area contributed by atoms with E-state index in [4.69, 9.17) is 0 Å². The molecule has 2 aromatic rings. The highest BCUT2D eigenvalue weighted by Crippen LogP contribution is 2.25. The van der Waals surface area contributed by atoms with Crippen molar-refractivity contribution in [2.45, 2.75) is 24.9 Å². The Morgan fingerprint density at radius 3 is 2.78 bits per heavy atom. The van der Waals surface area contributed by atoms with Crippen LogP contribution in [0.2, 0.25) is 0 Å². The van der Waals surface area contributed by atoms with Crippen LogP contribution < -0.4 is 0 Å². The Morgan fingerprint density at radius 1 is 1.35 bits per heavy atom. The third kappa shape index (κ3) is 3.26. The van der Waals surface area contributed by atoms with Crippen molar-refractivity contribution in [1.29, 1.82) is 0 Å². The van der Waals surface area contributed by atoms with Crippen LogP contribution >= 0.6 is 0 Å². The van der Waals surface area contributed by atoms with E-state index in [9.17, 15) is 4.79 Å². The van der Waals surface area contributed by atoms with Gasteiger partial charge >= 0.3 is 0 Å². The summed E-state index contributed by atoms with van der Waals surface area (Å²) in [6, 6.07) is 2.35. The second-order valence-electron chi connectivity index (χ2n) is 6.23. The molecule has 0 radical (unpaired) electrons. The van der Waals surface area contributed by atoms with Gasteiger partial charge in [-0.2, -0.15) is 5.10 Å². The molecule has 124 valence electrons. The Labute approximate surface area is 135 Å². The van der Waals surface area contributed by atoms with E-state index in [1.54, 1.807) is 12.4 Å². The van der Waals surface area contributed by atoms with Gasteiger partial charge < -0.3 is 9.80 Å². The fourth-order valence-corrected chi connectivity index (χ4v) is 3.17. The van der Waals surface area contributed by atoms with E-state index >= 15 is 0 Å². The zero-order valence-corrected chi connectivity index (χ0v) is 13.8. The van der Waals surface area contributed by atoms with Gasteiger partial charge in [-0.05, 0) is 26.6 Å². The molecule has 1 saturated heterocycles.